The topological polar surface area (TPSA) is 64.4 Å². The van der Waals surface area contributed by atoms with Gasteiger partial charge >= 0.3 is 6.36 Å². The molecule has 0 unspecified atom stereocenters. The van der Waals surface area contributed by atoms with Gasteiger partial charge in [0.05, 0.1) is 11.8 Å². The molecule has 0 atom stereocenters. The van der Waals surface area contributed by atoms with Crippen LogP contribution in [0, 0.1) is 0 Å². The number of amides is 1. The third-order valence-electron chi connectivity index (χ3n) is 3.50. The van der Waals surface area contributed by atoms with Gasteiger partial charge in [0.15, 0.2) is 0 Å². The van der Waals surface area contributed by atoms with E-state index in [2.05, 4.69) is 31.0 Å². The second kappa shape index (κ2) is 7.83. The third-order valence-corrected chi connectivity index (χ3v) is 3.99. The number of carbonyl (C=O) groups excluding carboxylic acids is 1. The summed E-state index contributed by atoms with van der Waals surface area (Å²) in [6, 6.07) is 9.19. The summed E-state index contributed by atoms with van der Waals surface area (Å²) in [5, 5.41) is 2.56. The summed E-state index contributed by atoms with van der Waals surface area (Å²) in [4.78, 5) is 16.3. The molecule has 1 amide bonds. The second-order valence-electron chi connectivity index (χ2n) is 5.42. The molecule has 2 heterocycles. The normalized spacial score (nSPS) is 11.3. The summed E-state index contributed by atoms with van der Waals surface area (Å²) in [6.45, 7) is -0.150. The van der Waals surface area contributed by atoms with E-state index in [-0.39, 0.29) is 23.4 Å². The average molecular weight is 441 g/mol. The molecule has 1 N–H and O–H groups in total. The Labute approximate surface area is 160 Å². The first-order valence-corrected chi connectivity index (χ1v) is 8.42. The lowest BCUT2D eigenvalue weighted by molar-refractivity contribution is -0.274. The van der Waals surface area contributed by atoms with Crippen molar-refractivity contribution in [3.05, 3.63) is 70.7 Å². The summed E-state index contributed by atoms with van der Waals surface area (Å²) >= 11 is 3.10. The number of benzene rings is 1. The highest BCUT2D eigenvalue weighted by molar-refractivity contribution is 9.10. The molecule has 5 nitrogen and oxygen atoms in total. The van der Waals surface area contributed by atoms with Gasteiger partial charge in [-0.15, -0.1) is 13.2 Å². The highest BCUT2D eigenvalue weighted by atomic mass is 79.9. The van der Waals surface area contributed by atoms with Crippen molar-refractivity contribution in [3.63, 3.8) is 0 Å². The molecule has 0 aliphatic heterocycles. The molecule has 0 saturated carbocycles. The van der Waals surface area contributed by atoms with Crippen molar-refractivity contribution in [1.82, 2.24) is 10.3 Å². The van der Waals surface area contributed by atoms with Crippen LogP contribution in [0.25, 0.3) is 11.3 Å². The Morgan fingerprint density at radius 2 is 2.04 bits per heavy atom. The Morgan fingerprint density at radius 3 is 2.74 bits per heavy atom. The molecule has 2 aromatic heterocycles. The van der Waals surface area contributed by atoms with Crippen LogP contribution in [0.15, 0.2) is 63.9 Å². The molecule has 140 valence electrons. The zero-order valence-electron chi connectivity index (χ0n) is 13.6. The second-order valence-corrected chi connectivity index (χ2v) is 6.34. The van der Waals surface area contributed by atoms with Crippen molar-refractivity contribution in [2.75, 3.05) is 0 Å². The first-order valence-electron chi connectivity index (χ1n) is 7.63. The number of ether oxygens (including phenoxy) is 1. The van der Waals surface area contributed by atoms with Crippen molar-refractivity contribution < 1.29 is 27.1 Å². The fraction of sp³-hybridized carbons (Fsp3) is 0.111. The predicted molar refractivity (Wildman–Crippen MR) is 93.9 cm³/mol. The van der Waals surface area contributed by atoms with Crippen molar-refractivity contribution in [1.29, 1.82) is 0 Å². The Hall–Kier alpha value is -2.81. The SMILES string of the molecule is O=C(NCc1ccc(Br)cc1OC(F)(F)F)c1cncc(-c2ccco2)c1. The number of nitrogens with zero attached hydrogens (tertiary/aromatic N) is 1. The minimum atomic E-state index is -4.83. The standard InChI is InChI=1S/C18H12BrF3N2O3/c19-14-4-3-11(16(7-14)27-18(20,21)22)10-24-17(25)13-6-12(8-23-9-13)15-2-1-5-26-15/h1-9H,10H2,(H,24,25). The van der Waals surface area contributed by atoms with Crippen molar-refractivity contribution in [3.8, 4) is 17.1 Å². The summed E-state index contributed by atoms with van der Waals surface area (Å²) in [6.07, 6.45) is -0.436. The summed E-state index contributed by atoms with van der Waals surface area (Å²) in [5.41, 5.74) is 1.04. The summed E-state index contributed by atoms with van der Waals surface area (Å²) < 4.78 is 47.4. The minimum Gasteiger partial charge on any atom is -0.464 e. The van der Waals surface area contributed by atoms with Gasteiger partial charge in [0.25, 0.3) is 5.91 Å². The maximum Gasteiger partial charge on any atom is 0.573 e. The lowest BCUT2D eigenvalue weighted by Crippen LogP contribution is -2.24. The van der Waals surface area contributed by atoms with Crippen LogP contribution in [0.2, 0.25) is 0 Å². The molecule has 3 aromatic rings. The first-order chi connectivity index (χ1) is 12.8. The van der Waals surface area contributed by atoms with E-state index >= 15 is 0 Å². The number of alkyl halides is 3. The molecule has 0 bridgehead atoms. The van der Waals surface area contributed by atoms with Gasteiger partial charge in [0.1, 0.15) is 11.5 Å². The monoisotopic (exact) mass is 440 g/mol. The third kappa shape index (κ3) is 5.10. The Morgan fingerprint density at radius 1 is 1.22 bits per heavy atom. The Balaban J connectivity index is 1.74. The number of aromatic nitrogens is 1. The minimum absolute atomic E-state index is 0.150. The maximum atomic E-state index is 12.6. The van der Waals surface area contributed by atoms with Gasteiger partial charge in [-0.05, 0) is 30.3 Å². The average Bonchev–Trinajstić information content (AvgIpc) is 3.14. The molecular weight excluding hydrogens is 429 g/mol. The highest BCUT2D eigenvalue weighted by Crippen LogP contribution is 2.29. The molecule has 0 aliphatic carbocycles. The van der Waals surface area contributed by atoms with Crippen LogP contribution in [-0.4, -0.2) is 17.3 Å². The molecule has 9 heteroatoms. The van der Waals surface area contributed by atoms with Crippen LogP contribution >= 0.6 is 15.9 Å². The lowest BCUT2D eigenvalue weighted by Gasteiger charge is -2.14. The van der Waals surface area contributed by atoms with Crippen LogP contribution in [0.4, 0.5) is 13.2 Å². The number of hydrogen-bond donors (Lipinski definition) is 1. The smallest absolute Gasteiger partial charge is 0.464 e. The highest BCUT2D eigenvalue weighted by Gasteiger charge is 2.32. The van der Waals surface area contributed by atoms with E-state index in [1.165, 1.54) is 24.6 Å². The van der Waals surface area contributed by atoms with E-state index in [1.807, 2.05) is 0 Å². The molecular formula is C18H12BrF3N2O3. The molecule has 0 spiro atoms. The molecule has 0 aliphatic rings. The maximum absolute atomic E-state index is 12.6. The Bertz CT molecular complexity index is 943. The van der Waals surface area contributed by atoms with Crippen LogP contribution in [-0.2, 0) is 6.54 Å². The van der Waals surface area contributed by atoms with Gasteiger partial charge in [-0.1, -0.05) is 22.0 Å². The predicted octanol–water partition coefficient (Wildman–Crippen LogP) is 4.93. The zero-order valence-corrected chi connectivity index (χ0v) is 15.2. The number of pyridine rings is 1. The van der Waals surface area contributed by atoms with E-state index in [0.717, 1.165) is 0 Å². The number of halogens is 4. The zero-order chi connectivity index (χ0) is 19.4. The van der Waals surface area contributed by atoms with Crippen molar-refractivity contribution in [2.45, 2.75) is 12.9 Å². The number of furan rings is 1. The van der Waals surface area contributed by atoms with Crippen molar-refractivity contribution in [2.24, 2.45) is 0 Å². The van der Waals surface area contributed by atoms with E-state index in [0.29, 0.717) is 15.8 Å². The van der Waals surface area contributed by atoms with Crippen molar-refractivity contribution >= 4 is 21.8 Å². The molecule has 0 radical (unpaired) electrons. The fourth-order valence-corrected chi connectivity index (χ4v) is 2.65. The molecule has 27 heavy (non-hydrogen) atoms. The van der Waals surface area contributed by atoms with Crippen LogP contribution in [0.3, 0.4) is 0 Å². The Kier molecular flexibility index (Phi) is 5.50. The van der Waals surface area contributed by atoms with Gasteiger partial charge < -0.3 is 14.5 Å². The van der Waals surface area contributed by atoms with Crippen LogP contribution < -0.4 is 10.1 Å². The van der Waals surface area contributed by atoms with Gasteiger partial charge in [-0.25, -0.2) is 0 Å². The van der Waals surface area contributed by atoms with E-state index in [1.54, 1.807) is 30.5 Å². The number of hydrogen-bond acceptors (Lipinski definition) is 4. The van der Waals surface area contributed by atoms with Crippen LogP contribution in [0.1, 0.15) is 15.9 Å². The summed E-state index contributed by atoms with van der Waals surface area (Å²) in [7, 11) is 0. The van der Waals surface area contributed by atoms with Gasteiger partial charge in [-0.2, -0.15) is 0 Å². The van der Waals surface area contributed by atoms with Gasteiger partial charge in [0.2, 0.25) is 0 Å². The van der Waals surface area contributed by atoms with Crippen LogP contribution in [0.5, 0.6) is 5.75 Å². The first kappa shape index (κ1) is 19.0. The quantitative estimate of drug-likeness (QED) is 0.610. The van der Waals surface area contributed by atoms with Gasteiger partial charge in [-0.3, -0.25) is 9.78 Å². The largest absolute Gasteiger partial charge is 0.573 e. The number of nitrogens with one attached hydrogen (secondary N) is 1. The molecule has 1 aromatic carbocycles. The molecule has 3 rings (SSSR count). The fourth-order valence-electron chi connectivity index (χ4n) is 2.31. The molecule has 0 fully saturated rings. The summed E-state index contributed by atoms with van der Waals surface area (Å²) in [5.74, 6) is -0.331. The number of carbonyl (C=O) groups is 1. The van der Waals surface area contributed by atoms with E-state index < -0.39 is 12.3 Å². The van der Waals surface area contributed by atoms with E-state index in [9.17, 15) is 18.0 Å². The number of rotatable bonds is 5. The van der Waals surface area contributed by atoms with Gasteiger partial charge in [0, 0.05) is 34.5 Å². The lowest BCUT2D eigenvalue weighted by atomic mass is 10.1. The van der Waals surface area contributed by atoms with E-state index in [4.69, 9.17) is 4.42 Å². The molecule has 0 saturated heterocycles.